The van der Waals surface area contributed by atoms with E-state index in [-0.39, 0.29) is 13.2 Å². The molecule has 8 nitrogen and oxygen atoms in total. The highest BCUT2D eigenvalue weighted by Crippen LogP contribution is 2.28. The Bertz CT molecular complexity index is 1150. The molecule has 0 unspecified atom stereocenters. The second-order valence-corrected chi connectivity index (χ2v) is 7.46. The minimum absolute atomic E-state index is 0.233. The van der Waals surface area contributed by atoms with E-state index in [0.29, 0.717) is 37.1 Å². The smallest absolute Gasteiger partial charge is 0.348 e. The molecule has 0 atom stereocenters. The van der Waals surface area contributed by atoms with Crippen LogP contribution in [0, 0.1) is 6.92 Å². The lowest BCUT2D eigenvalue weighted by molar-refractivity contribution is -0.116. The first-order valence-electron chi connectivity index (χ1n) is 8.64. The molecular weight excluding hydrogens is 418 g/mol. The Morgan fingerprint density at radius 2 is 2.10 bits per heavy atom. The van der Waals surface area contributed by atoms with Gasteiger partial charge >= 0.3 is 5.97 Å². The van der Waals surface area contributed by atoms with Gasteiger partial charge in [0.1, 0.15) is 22.0 Å². The number of amides is 1. The highest BCUT2D eigenvalue weighted by molar-refractivity contribution is 7.20. The van der Waals surface area contributed by atoms with E-state index in [1.54, 1.807) is 32.0 Å². The van der Waals surface area contributed by atoms with Crippen molar-refractivity contribution in [2.24, 2.45) is 0 Å². The molecule has 2 heterocycles. The Morgan fingerprint density at radius 1 is 1.34 bits per heavy atom. The molecule has 29 heavy (non-hydrogen) atoms. The topological polar surface area (TPSA) is 99.5 Å². The summed E-state index contributed by atoms with van der Waals surface area (Å²) in [6.45, 7) is 3.34. The zero-order chi connectivity index (χ0) is 21.1. The number of fused-ring (bicyclic) bond motifs is 1. The van der Waals surface area contributed by atoms with E-state index in [2.05, 4.69) is 10.3 Å². The number of ether oxygens (including phenoxy) is 2. The SMILES string of the molecule is CCOC(=O)c1sc2ncn(CC(=O)Nc3cc(Cl)ccc3OC)c(=O)c2c1C. The number of benzene rings is 1. The number of hydrogen-bond acceptors (Lipinski definition) is 7. The molecule has 1 N–H and O–H groups in total. The number of nitrogens with zero attached hydrogens (tertiary/aromatic N) is 2. The predicted molar refractivity (Wildman–Crippen MR) is 111 cm³/mol. The largest absolute Gasteiger partial charge is 0.495 e. The first-order chi connectivity index (χ1) is 13.8. The Labute approximate surface area is 175 Å². The molecule has 10 heteroatoms. The van der Waals surface area contributed by atoms with E-state index >= 15 is 0 Å². The van der Waals surface area contributed by atoms with Crippen LogP contribution in [0.15, 0.2) is 29.3 Å². The average Bonchev–Trinajstić information content (AvgIpc) is 3.02. The number of carbonyl (C=O) groups is 2. The summed E-state index contributed by atoms with van der Waals surface area (Å²) in [5, 5.41) is 3.41. The number of nitrogens with one attached hydrogen (secondary N) is 1. The van der Waals surface area contributed by atoms with Crippen LogP contribution >= 0.6 is 22.9 Å². The van der Waals surface area contributed by atoms with Gasteiger partial charge in [0.15, 0.2) is 0 Å². The fourth-order valence-electron chi connectivity index (χ4n) is 2.79. The van der Waals surface area contributed by atoms with Crippen LogP contribution < -0.4 is 15.6 Å². The molecule has 1 aromatic carbocycles. The Morgan fingerprint density at radius 3 is 2.79 bits per heavy atom. The van der Waals surface area contributed by atoms with Gasteiger partial charge in [0.25, 0.3) is 5.56 Å². The second kappa shape index (κ2) is 8.62. The van der Waals surface area contributed by atoms with Crippen molar-refractivity contribution in [1.82, 2.24) is 9.55 Å². The van der Waals surface area contributed by atoms with Gasteiger partial charge in [-0.05, 0) is 37.6 Å². The van der Waals surface area contributed by atoms with Crippen molar-refractivity contribution < 1.29 is 19.1 Å². The first-order valence-corrected chi connectivity index (χ1v) is 9.84. The molecule has 152 valence electrons. The van der Waals surface area contributed by atoms with Crippen molar-refractivity contribution >= 4 is 50.7 Å². The van der Waals surface area contributed by atoms with Crippen molar-refractivity contribution in [1.29, 1.82) is 0 Å². The van der Waals surface area contributed by atoms with Crippen LogP contribution in [-0.2, 0) is 16.1 Å². The number of thiophene rings is 1. The van der Waals surface area contributed by atoms with E-state index < -0.39 is 17.4 Å². The molecule has 0 bridgehead atoms. The molecule has 0 aliphatic carbocycles. The van der Waals surface area contributed by atoms with E-state index in [1.165, 1.54) is 18.0 Å². The maximum absolute atomic E-state index is 12.9. The molecule has 0 saturated heterocycles. The molecule has 0 saturated carbocycles. The minimum Gasteiger partial charge on any atom is -0.495 e. The third kappa shape index (κ3) is 4.25. The number of halogens is 1. The minimum atomic E-state index is -0.496. The third-order valence-corrected chi connectivity index (χ3v) is 5.54. The number of methoxy groups -OCH3 is 1. The highest BCUT2D eigenvalue weighted by Gasteiger charge is 2.21. The lowest BCUT2D eigenvalue weighted by atomic mass is 10.2. The lowest BCUT2D eigenvalue weighted by Crippen LogP contribution is -2.28. The fraction of sp³-hybridized carbons (Fsp3) is 0.263. The van der Waals surface area contributed by atoms with E-state index in [0.717, 1.165) is 11.3 Å². The van der Waals surface area contributed by atoms with Crippen LogP contribution in [0.25, 0.3) is 10.2 Å². The van der Waals surface area contributed by atoms with E-state index in [9.17, 15) is 14.4 Å². The van der Waals surface area contributed by atoms with Crippen LogP contribution in [-0.4, -0.2) is 35.1 Å². The molecule has 0 radical (unpaired) electrons. The van der Waals surface area contributed by atoms with Gasteiger partial charge in [-0.3, -0.25) is 14.2 Å². The summed E-state index contributed by atoms with van der Waals surface area (Å²) in [7, 11) is 1.47. The number of aryl methyl sites for hydroxylation is 1. The molecule has 2 aromatic heterocycles. The fourth-order valence-corrected chi connectivity index (χ4v) is 3.99. The number of aromatic nitrogens is 2. The van der Waals surface area contributed by atoms with Crippen molar-refractivity contribution in [2.45, 2.75) is 20.4 Å². The van der Waals surface area contributed by atoms with Crippen LogP contribution in [0.1, 0.15) is 22.2 Å². The normalized spacial score (nSPS) is 10.8. The summed E-state index contributed by atoms with van der Waals surface area (Å²) >= 11 is 7.06. The van der Waals surface area contributed by atoms with Gasteiger partial charge in [0.05, 0.1) is 31.1 Å². The second-order valence-electron chi connectivity index (χ2n) is 6.03. The molecule has 0 aliphatic rings. The van der Waals surface area contributed by atoms with Crippen LogP contribution in [0.5, 0.6) is 5.75 Å². The third-order valence-electron chi connectivity index (χ3n) is 4.13. The molecule has 0 aliphatic heterocycles. The van der Waals surface area contributed by atoms with Crippen LogP contribution in [0.2, 0.25) is 5.02 Å². The lowest BCUT2D eigenvalue weighted by Gasteiger charge is -2.11. The van der Waals surface area contributed by atoms with E-state index in [4.69, 9.17) is 21.1 Å². The number of carbonyl (C=O) groups excluding carboxylic acids is 2. The van der Waals surface area contributed by atoms with Gasteiger partial charge in [-0.25, -0.2) is 9.78 Å². The Balaban J connectivity index is 1.89. The van der Waals surface area contributed by atoms with Gasteiger partial charge in [-0.2, -0.15) is 0 Å². The summed E-state index contributed by atoms with van der Waals surface area (Å²) in [5.74, 6) is -0.506. The number of esters is 1. The van der Waals surface area contributed by atoms with Gasteiger partial charge in [-0.1, -0.05) is 11.6 Å². The molecule has 0 fully saturated rings. The van der Waals surface area contributed by atoms with Gasteiger partial charge in [0.2, 0.25) is 5.91 Å². The van der Waals surface area contributed by atoms with Gasteiger partial charge < -0.3 is 14.8 Å². The van der Waals surface area contributed by atoms with E-state index in [1.807, 2.05) is 0 Å². The maximum Gasteiger partial charge on any atom is 0.348 e. The first kappa shape index (κ1) is 20.8. The zero-order valence-electron chi connectivity index (χ0n) is 15.9. The number of hydrogen-bond donors (Lipinski definition) is 1. The van der Waals surface area contributed by atoms with Crippen molar-refractivity contribution in [2.75, 3.05) is 19.0 Å². The summed E-state index contributed by atoms with van der Waals surface area (Å²) in [5.41, 5.74) is 0.475. The Kier molecular flexibility index (Phi) is 6.19. The standard InChI is InChI=1S/C19H18ClN3O5S/c1-4-28-19(26)16-10(2)15-17(29-16)21-9-23(18(15)25)8-14(24)22-12-7-11(20)5-6-13(12)27-3/h5-7,9H,4,8H2,1-3H3,(H,22,24). The summed E-state index contributed by atoms with van der Waals surface area (Å²) < 4.78 is 11.4. The quantitative estimate of drug-likeness (QED) is 0.596. The predicted octanol–water partition coefficient (Wildman–Crippen LogP) is 3.24. The van der Waals surface area contributed by atoms with Crippen molar-refractivity contribution in [3.63, 3.8) is 0 Å². The van der Waals surface area contributed by atoms with Crippen LogP contribution in [0.3, 0.4) is 0 Å². The van der Waals surface area contributed by atoms with Crippen molar-refractivity contribution in [3.8, 4) is 5.75 Å². The molecule has 3 rings (SSSR count). The van der Waals surface area contributed by atoms with Crippen molar-refractivity contribution in [3.05, 3.63) is 50.3 Å². The summed E-state index contributed by atoms with van der Waals surface area (Å²) in [4.78, 5) is 42.4. The van der Waals surface area contributed by atoms with Crippen LogP contribution in [0.4, 0.5) is 5.69 Å². The van der Waals surface area contributed by atoms with Gasteiger partial charge in [-0.15, -0.1) is 11.3 Å². The summed E-state index contributed by atoms with van der Waals surface area (Å²) in [6, 6.07) is 4.82. The molecule has 0 spiro atoms. The Hall–Kier alpha value is -2.91. The van der Waals surface area contributed by atoms with Gasteiger partial charge in [0, 0.05) is 5.02 Å². The maximum atomic E-state index is 12.9. The zero-order valence-corrected chi connectivity index (χ0v) is 17.5. The summed E-state index contributed by atoms with van der Waals surface area (Å²) in [6.07, 6.45) is 1.28. The molecular formula is C19H18ClN3O5S. The average molecular weight is 436 g/mol. The number of rotatable bonds is 6. The molecule has 1 amide bonds. The monoisotopic (exact) mass is 435 g/mol. The molecule has 3 aromatic rings. The number of anilines is 1. The highest BCUT2D eigenvalue weighted by atomic mass is 35.5.